The first-order valence-corrected chi connectivity index (χ1v) is 12.1. The van der Waals surface area contributed by atoms with E-state index >= 15 is 0 Å². The van der Waals surface area contributed by atoms with Crippen LogP contribution in [0.25, 0.3) is 0 Å². The highest BCUT2D eigenvalue weighted by Crippen LogP contribution is 2.26. The van der Waals surface area contributed by atoms with Crippen molar-refractivity contribution in [2.75, 3.05) is 16.8 Å². The number of carbonyl (C=O) groups is 3. The standard InChI is InChI=1S/C25H29FN2O5S/c1-25(2,3)33-24(31)28-21-15-34-14-18(22(21)29)11-17-9-10-20(19(26)12-17)27-23(30)32-13-16-7-5-4-6-8-16/h4-10,12,18,21H,11,13-15H2,1-3H3,(H,27,30)(H,28,31)/t18-,21+/m1/s1. The first-order chi connectivity index (χ1) is 16.1. The number of halogens is 1. The van der Waals surface area contributed by atoms with Gasteiger partial charge in [0.15, 0.2) is 5.78 Å². The van der Waals surface area contributed by atoms with E-state index < -0.39 is 29.6 Å². The molecule has 7 nitrogen and oxygen atoms in total. The second kappa shape index (κ2) is 11.4. The zero-order valence-corrected chi connectivity index (χ0v) is 20.2. The number of anilines is 1. The zero-order chi connectivity index (χ0) is 24.7. The number of ketones is 1. The van der Waals surface area contributed by atoms with Crippen LogP contribution in [0.4, 0.5) is 19.7 Å². The van der Waals surface area contributed by atoms with Gasteiger partial charge in [-0.05, 0) is 50.5 Å². The van der Waals surface area contributed by atoms with E-state index in [2.05, 4.69) is 10.6 Å². The number of benzene rings is 2. The quantitative estimate of drug-likeness (QED) is 0.598. The molecule has 1 aliphatic heterocycles. The lowest BCUT2D eigenvalue weighted by Crippen LogP contribution is -2.50. The highest BCUT2D eigenvalue weighted by Gasteiger charge is 2.33. The summed E-state index contributed by atoms with van der Waals surface area (Å²) in [5.74, 6) is -0.0340. The Morgan fingerprint density at radius 3 is 2.47 bits per heavy atom. The Morgan fingerprint density at radius 1 is 1.06 bits per heavy atom. The van der Waals surface area contributed by atoms with E-state index in [0.29, 0.717) is 23.5 Å². The molecule has 2 aromatic carbocycles. The van der Waals surface area contributed by atoms with Crippen molar-refractivity contribution in [2.24, 2.45) is 5.92 Å². The fourth-order valence-electron chi connectivity index (χ4n) is 3.44. The van der Waals surface area contributed by atoms with Crippen molar-refractivity contribution >= 4 is 35.4 Å². The van der Waals surface area contributed by atoms with Crippen molar-refractivity contribution < 1.29 is 28.2 Å². The van der Waals surface area contributed by atoms with Crippen LogP contribution in [0.3, 0.4) is 0 Å². The molecule has 0 aromatic heterocycles. The van der Waals surface area contributed by atoms with Gasteiger partial charge in [-0.3, -0.25) is 10.1 Å². The molecule has 2 amide bonds. The first-order valence-electron chi connectivity index (χ1n) is 11.0. The predicted molar refractivity (Wildman–Crippen MR) is 129 cm³/mol. The van der Waals surface area contributed by atoms with Gasteiger partial charge in [0, 0.05) is 17.4 Å². The van der Waals surface area contributed by atoms with Gasteiger partial charge in [0.05, 0.1) is 5.69 Å². The van der Waals surface area contributed by atoms with Gasteiger partial charge < -0.3 is 14.8 Å². The van der Waals surface area contributed by atoms with Crippen molar-refractivity contribution in [1.29, 1.82) is 0 Å². The van der Waals surface area contributed by atoms with Gasteiger partial charge in [-0.2, -0.15) is 11.8 Å². The summed E-state index contributed by atoms with van der Waals surface area (Å²) < 4.78 is 25.0. The Kier molecular flexibility index (Phi) is 8.55. The molecule has 0 aliphatic carbocycles. The van der Waals surface area contributed by atoms with Crippen LogP contribution in [0.5, 0.6) is 0 Å². The Labute approximate surface area is 202 Å². The molecular weight excluding hydrogens is 459 g/mol. The molecule has 2 aromatic rings. The van der Waals surface area contributed by atoms with E-state index in [9.17, 15) is 18.8 Å². The van der Waals surface area contributed by atoms with Crippen LogP contribution >= 0.6 is 11.8 Å². The molecule has 0 unspecified atom stereocenters. The molecule has 0 bridgehead atoms. The molecule has 2 atom stereocenters. The summed E-state index contributed by atoms with van der Waals surface area (Å²) in [4.78, 5) is 36.9. The fraction of sp³-hybridized carbons (Fsp3) is 0.400. The molecule has 9 heteroatoms. The van der Waals surface area contributed by atoms with Crippen LogP contribution in [0.2, 0.25) is 0 Å². The molecule has 2 N–H and O–H groups in total. The van der Waals surface area contributed by atoms with Crippen LogP contribution in [-0.2, 0) is 27.3 Å². The Hall–Kier alpha value is -3.07. The van der Waals surface area contributed by atoms with Crippen molar-refractivity contribution in [2.45, 2.75) is 45.4 Å². The molecule has 0 saturated carbocycles. The Balaban J connectivity index is 1.54. The monoisotopic (exact) mass is 488 g/mol. The van der Waals surface area contributed by atoms with E-state index in [-0.39, 0.29) is 24.0 Å². The Morgan fingerprint density at radius 2 is 1.79 bits per heavy atom. The number of rotatable bonds is 6. The topological polar surface area (TPSA) is 93.7 Å². The van der Waals surface area contributed by atoms with Gasteiger partial charge >= 0.3 is 12.2 Å². The average Bonchev–Trinajstić information content (AvgIpc) is 2.76. The zero-order valence-electron chi connectivity index (χ0n) is 19.4. The van der Waals surface area contributed by atoms with E-state index in [1.165, 1.54) is 12.1 Å². The number of thioether (sulfide) groups is 1. The van der Waals surface area contributed by atoms with Crippen molar-refractivity contribution in [3.05, 3.63) is 65.5 Å². The minimum absolute atomic E-state index is 0.00405. The maximum atomic E-state index is 14.6. The minimum Gasteiger partial charge on any atom is -0.444 e. The molecule has 0 radical (unpaired) electrons. The number of amides is 2. The number of hydrogen-bond acceptors (Lipinski definition) is 6. The maximum absolute atomic E-state index is 14.6. The first kappa shape index (κ1) is 25.6. The molecule has 1 fully saturated rings. The molecule has 0 spiro atoms. The number of ether oxygens (including phenoxy) is 2. The van der Waals surface area contributed by atoms with Crippen LogP contribution in [0.1, 0.15) is 31.9 Å². The minimum atomic E-state index is -0.759. The normalized spacial score (nSPS) is 18.2. The third-order valence-corrected chi connectivity index (χ3v) is 6.21. The van der Waals surface area contributed by atoms with Crippen LogP contribution < -0.4 is 10.6 Å². The van der Waals surface area contributed by atoms with Gasteiger partial charge in [-0.15, -0.1) is 0 Å². The van der Waals surface area contributed by atoms with Crippen LogP contribution in [0, 0.1) is 11.7 Å². The molecule has 3 rings (SSSR count). The van der Waals surface area contributed by atoms with Gasteiger partial charge in [0.1, 0.15) is 24.1 Å². The summed E-state index contributed by atoms with van der Waals surface area (Å²) in [7, 11) is 0. The summed E-state index contributed by atoms with van der Waals surface area (Å²) in [6.45, 7) is 5.33. The highest BCUT2D eigenvalue weighted by molar-refractivity contribution is 7.99. The van der Waals surface area contributed by atoms with Gasteiger partial charge in [-0.25, -0.2) is 14.0 Å². The number of alkyl carbamates (subject to hydrolysis) is 1. The third-order valence-electron chi connectivity index (χ3n) is 5.01. The summed E-state index contributed by atoms with van der Waals surface area (Å²) in [5, 5.41) is 5.04. The predicted octanol–water partition coefficient (Wildman–Crippen LogP) is 4.94. The third kappa shape index (κ3) is 7.76. The maximum Gasteiger partial charge on any atom is 0.412 e. The second-order valence-electron chi connectivity index (χ2n) is 9.04. The number of hydrogen-bond donors (Lipinski definition) is 2. The van der Waals surface area contributed by atoms with Gasteiger partial charge in [0.2, 0.25) is 0 Å². The molecular formula is C25H29FN2O5S. The van der Waals surface area contributed by atoms with Gasteiger partial charge in [-0.1, -0.05) is 36.4 Å². The lowest BCUT2D eigenvalue weighted by molar-refractivity contribution is -0.124. The summed E-state index contributed by atoms with van der Waals surface area (Å²) in [6.07, 6.45) is -1.06. The average molecular weight is 489 g/mol. The van der Waals surface area contributed by atoms with E-state index in [0.717, 1.165) is 5.56 Å². The summed E-state index contributed by atoms with van der Waals surface area (Å²) in [6, 6.07) is 12.9. The highest BCUT2D eigenvalue weighted by atomic mass is 32.2. The van der Waals surface area contributed by atoms with E-state index in [1.807, 2.05) is 30.3 Å². The van der Waals surface area contributed by atoms with Crippen LogP contribution in [0.15, 0.2) is 48.5 Å². The SMILES string of the molecule is CC(C)(C)OC(=O)N[C@H]1CSC[C@@H](Cc2ccc(NC(=O)OCc3ccccc3)c(F)c2)C1=O. The van der Waals surface area contributed by atoms with Crippen molar-refractivity contribution in [3.8, 4) is 0 Å². The summed E-state index contributed by atoms with van der Waals surface area (Å²) >= 11 is 1.56. The van der Waals surface area contributed by atoms with Crippen molar-refractivity contribution in [3.63, 3.8) is 0 Å². The van der Waals surface area contributed by atoms with Crippen LogP contribution in [-0.4, -0.2) is 41.1 Å². The Bertz CT molecular complexity index is 1030. The van der Waals surface area contributed by atoms with Crippen molar-refractivity contribution in [1.82, 2.24) is 5.32 Å². The second-order valence-corrected chi connectivity index (χ2v) is 10.1. The number of carbonyl (C=O) groups excluding carboxylic acids is 3. The van der Waals surface area contributed by atoms with E-state index in [1.54, 1.807) is 38.6 Å². The lowest BCUT2D eigenvalue weighted by Gasteiger charge is -2.29. The van der Waals surface area contributed by atoms with Gasteiger partial charge in [0.25, 0.3) is 0 Å². The van der Waals surface area contributed by atoms with E-state index in [4.69, 9.17) is 9.47 Å². The summed E-state index contributed by atoms with van der Waals surface area (Å²) in [5.41, 5.74) is 0.784. The molecule has 1 saturated heterocycles. The molecule has 1 aliphatic rings. The lowest BCUT2D eigenvalue weighted by atomic mass is 9.92. The fourth-order valence-corrected chi connectivity index (χ4v) is 4.63. The molecule has 34 heavy (non-hydrogen) atoms. The molecule has 1 heterocycles. The smallest absolute Gasteiger partial charge is 0.412 e. The number of Topliss-reactive ketones (excluding diaryl/α,β-unsaturated/α-hetero) is 1. The number of nitrogens with one attached hydrogen (secondary N) is 2. The molecule has 182 valence electrons. The largest absolute Gasteiger partial charge is 0.444 e.